The molecule has 0 aliphatic carbocycles. The molecule has 2 heterocycles. The number of ether oxygens (including phenoxy) is 2. The number of nitrogens with zero attached hydrogens (tertiary/aromatic N) is 1. The number of hydrogen-bond donors (Lipinski definition) is 1. The van der Waals surface area contributed by atoms with Gasteiger partial charge in [0.2, 0.25) is 0 Å². The highest BCUT2D eigenvalue weighted by atomic mass is 19.1. The van der Waals surface area contributed by atoms with E-state index in [0.29, 0.717) is 13.0 Å². The average molecular weight is 510 g/mol. The van der Waals surface area contributed by atoms with Crippen molar-refractivity contribution in [2.24, 2.45) is 0 Å². The lowest BCUT2D eigenvalue weighted by atomic mass is 9.80. The van der Waals surface area contributed by atoms with Gasteiger partial charge in [-0.1, -0.05) is 19.1 Å². The van der Waals surface area contributed by atoms with Crippen molar-refractivity contribution in [3.8, 4) is 11.5 Å². The van der Waals surface area contributed by atoms with Crippen LogP contribution < -0.4 is 4.74 Å². The third-order valence-corrected chi connectivity index (χ3v) is 7.67. The SMILES string of the molecule is CCOC(=O)CCCN1CCC2=C(C1)c1c(O)cc(C(C)CCCc3ccc(F)cc3)cc1OC2(C)C. The Balaban J connectivity index is 1.46. The van der Waals surface area contributed by atoms with Crippen molar-refractivity contribution in [1.82, 2.24) is 4.90 Å². The van der Waals surface area contributed by atoms with Crippen LogP contribution in [-0.2, 0) is 16.0 Å². The zero-order chi connectivity index (χ0) is 26.6. The normalized spacial score (nSPS) is 17.5. The molecule has 1 unspecified atom stereocenters. The molecule has 0 bridgehead atoms. The summed E-state index contributed by atoms with van der Waals surface area (Å²) >= 11 is 0. The van der Waals surface area contributed by atoms with Crippen LogP contribution in [0, 0.1) is 5.82 Å². The maximum atomic E-state index is 13.2. The molecule has 200 valence electrons. The number of carbonyl (C=O) groups is 1. The number of fused-ring (bicyclic) bond motifs is 2. The summed E-state index contributed by atoms with van der Waals surface area (Å²) in [5, 5.41) is 11.2. The highest BCUT2D eigenvalue weighted by Crippen LogP contribution is 2.49. The van der Waals surface area contributed by atoms with E-state index in [-0.39, 0.29) is 23.5 Å². The second kappa shape index (κ2) is 11.7. The van der Waals surface area contributed by atoms with Crippen molar-refractivity contribution in [2.75, 3.05) is 26.2 Å². The molecule has 2 aliphatic rings. The summed E-state index contributed by atoms with van der Waals surface area (Å²) in [6, 6.07) is 10.7. The van der Waals surface area contributed by atoms with Crippen molar-refractivity contribution < 1.29 is 23.8 Å². The molecule has 2 aliphatic heterocycles. The lowest BCUT2D eigenvalue weighted by Crippen LogP contribution is -2.42. The molecule has 1 N–H and O–H groups in total. The molecule has 5 nitrogen and oxygen atoms in total. The Morgan fingerprint density at radius 1 is 1.22 bits per heavy atom. The fourth-order valence-electron chi connectivity index (χ4n) is 5.64. The number of phenolic OH excluding ortho intramolecular Hbond substituents is 1. The molecule has 2 aromatic carbocycles. The zero-order valence-corrected chi connectivity index (χ0v) is 22.6. The summed E-state index contributed by atoms with van der Waals surface area (Å²) in [4.78, 5) is 14.1. The van der Waals surface area contributed by atoms with E-state index in [4.69, 9.17) is 9.47 Å². The van der Waals surface area contributed by atoms with E-state index >= 15 is 0 Å². The highest BCUT2D eigenvalue weighted by molar-refractivity contribution is 5.82. The summed E-state index contributed by atoms with van der Waals surface area (Å²) in [6.45, 7) is 11.1. The maximum absolute atomic E-state index is 13.2. The number of phenols is 1. The van der Waals surface area contributed by atoms with Gasteiger partial charge in [0, 0.05) is 19.5 Å². The first-order valence-electron chi connectivity index (χ1n) is 13.6. The Hall–Kier alpha value is -2.86. The third kappa shape index (κ3) is 6.53. The van der Waals surface area contributed by atoms with Crippen LogP contribution in [0.25, 0.3) is 5.57 Å². The molecule has 2 aromatic rings. The van der Waals surface area contributed by atoms with Crippen LogP contribution in [0.15, 0.2) is 42.0 Å². The maximum Gasteiger partial charge on any atom is 0.305 e. The predicted octanol–water partition coefficient (Wildman–Crippen LogP) is 6.63. The molecule has 0 fully saturated rings. The molecular weight excluding hydrogens is 469 g/mol. The van der Waals surface area contributed by atoms with Gasteiger partial charge < -0.3 is 14.6 Å². The third-order valence-electron chi connectivity index (χ3n) is 7.67. The molecule has 0 amide bonds. The van der Waals surface area contributed by atoms with E-state index in [1.165, 1.54) is 17.7 Å². The van der Waals surface area contributed by atoms with E-state index in [1.807, 2.05) is 25.1 Å². The minimum Gasteiger partial charge on any atom is -0.507 e. The fraction of sp³-hybridized carbons (Fsp3) is 0.516. The van der Waals surface area contributed by atoms with E-state index in [0.717, 1.165) is 79.8 Å². The van der Waals surface area contributed by atoms with Gasteiger partial charge in [-0.25, -0.2) is 4.39 Å². The van der Waals surface area contributed by atoms with E-state index in [2.05, 4.69) is 31.7 Å². The summed E-state index contributed by atoms with van der Waals surface area (Å²) in [5.41, 5.74) is 4.98. The Labute approximate surface area is 220 Å². The minimum atomic E-state index is -0.434. The topological polar surface area (TPSA) is 59.0 Å². The van der Waals surface area contributed by atoms with Gasteiger partial charge in [0.1, 0.15) is 22.9 Å². The first-order chi connectivity index (χ1) is 17.7. The van der Waals surface area contributed by atoms with Crippen LogP contribution >= 0.6 is 0 Å². The van der Waals surface area contributed by atoms with Crippen LogP contribution in [0.3, 0.4) is 0 Å². The Kier molecular flexibility index (Phi) is 8.58. The van der Waals surface area contributed by atoms with Gasteiger partial charge in [0.15, 0.2) is 0 Å². The molecule has 37 heavy (non-hydrogen) atoms. The summed E-state index contributed by atoms with van der Waals surface area (Å²) in [7, 11) is 0. The summed E-state index contributed by atoms with van der Waals surface area (Å²) in [5.74, 6) is 0.922. The number of esters is 1. The summed E-state index contributed by atoms with van der Waals surface area (Å²) in [6.07, 6.45) is 4.90. The predicted molar refractivity (Wildman–Crippen MR) is 144 cm³/mol. The molecule has 0 saturated carbocycles. The van der Waals surface area contributed by atoms with Crippen molar-refractivity contribution >= 4 is 11.5 Å². The zero-order valence-electron chi connectivity index (χ0n) is 22.6. The van der Waals surface area contributed by atoms with Gasteiger partial charge in [-0.05, 0) is 112 Å². The van der Waals surface area contributed by atoms with Crippen molar-refractivity contribution in [2.45, 2.75) is 77.7 Å². The molecule has 0 saturated heterocycles. The number of rotatable bonds is 10. The molecule has 6 heteroatoms. The van der Waals surface area contributed by atoms with Crippen LogP contribution in [0.1, 0.15) is 82.4 Å². The van der Waals surface area contributed by atoms with Crippen LogP contribution in [0.5, 0.6) is 11.5 Å². The average Bonchev–Trinajstić information content (AvgIpc) is 2.84. The number of carbonyl (C=O) groups excluding carboxylic acids is 1. The van der Waals surface area contributed by atoms with Crippen molar-refractivity contribution in [1.29, 1.82) is 0 Å². The van der Waals surface area contributed by atoms with Gasteiger partial charge in [-0.3, -0.25) is 9.69 Å². The fourth-order valence-corrected chi connectivity index (χ4v) is 5.64. The lowest BCUT2D eigenvalue weighted by molar-refractivity contribution is -0.143. The Morgan fingerprint density at radius 2 is 1.97 bits per heavy atom. The largest absolute Gasteiger partial charge is 0.507 e. The van der Waals surface area contributed by atoms with Gasteiger partial charge in [0.25, 0.3) is 0 Å². The Morgan fingerprint density at radius 3 is 2.70 bits per heavy atom. The number of aromatic hydroxyl groups is 1. The number of hydrogen-bond acceptors (Lipinski definition) is 5. The smallest absolute Gasteiger partial charge is 0.305 e. The number of aryl methyl sites for hydroxylation is 1. The highest BCUT2D eigenvalue weighted by Gasteiger charge is 2.39. The number of benzene rings is 2. The second-order valence-electron chi connectivity index (χ2n) is 10.8. The molecule has 1 atom stereocenters. The lowest BCUT2D eigenvalue weighted by Gasteiger charge is -2.42. The van der Waals surface area contributed by atoms with Gasteiger partial charge in [-0.15, -0.1) is 0 Å². The molecule has 0 spiro atoms. The van der Waals surface area contributed by atoms with Crippen LogP contribution in [-0.4, -0.2) is 47.8 Å². The first-order valence-corrected chi connectivity index (χ1v) is 13.6. The quantitative estimate of drug-likeness (QED) is 0.364. The minimum absolute atomic E-state index is 0.145. The van der Waals surface area contributed by atoms with Crippen molar-refractivity contribution in [3.05, 3.63) is 64.5 Å². The van der Waals surface area contributed by atoms with Crippen LogP contribution in [0.2, 0.25) is 0 Å². The standard InChI is InChI=1S/C31H40FNO4/c1-5-36-29(35)10-7-16-33-17-15-26-25(20-33)30-27(34)18-23(19-28(30)37-31(26,3)4)21(2)8-6-9-22-11-13-24(32)14-12-22/h11-14,18-19,21,34H,5-10,15-17,20H2,1-4H3. The molecular formula is C31H40FNO4. The van der Waals surface area contributed by atoms with Gasteiger partial charge in [0.05, 0.1) is 12.2 Å². The Bertz CT molecular complexity index is 1140. The first kappa shape index (κ1) is 27.2. The van der Waals surface area contributed by atoms with E-state index in [1.54, 1.807) is 0 Å². The van der Waals surface area contributed by atoms with E-state index in [9.17, 15) is 14.3 Å². The molecule has 0 aromatic heterocycles. The second-order valence-corrected chi connectivity index (χ2v) is 10.8. The van der Waals surface area contributed by atoms with Crippen LogP contribution in [0.4, 0.5) is 4.39 Å². The van der Waals surface area contributed by atoms with Crippen molar-refractivity contribution in [3.63, 3.8) is 0 Å². The monoisotopic (exact) mass is 509 g/mol. The van der Waals surface area contributed by atoms with Gasteiger partial charge >= 0.3 is 5.97 Å². The molecule has 4 rings (SSSR count). The van der Waals surface area contributed by atoms with E-state index < -0.39 is 5.60 Å². The number of halogens is 1. The summed E-state index contributed by atoms with van der Waals surface area (Å²) < 4.78 is 24.7. The van der Waals surface area contributed by atoms with Gasteiger partial charge in [-0.2, -0.15) is 0 Å². The molecule has 0 radical (unpaired) electrons.